The Morgan fingerprint density at radius 3 is 2.38 bits per heavy atom. The average Bonchev–Trinajstić information content (AvgIpc) is 2.69. The highest BCUT2D eigenvalue weighted by Gasteiger charge is 2.10. The first-order valence-corrected chi connectivity index (χ1v) is 8.99. The maximum Gasteiger partial charge on any atom is 0.133 e. The van der Waals surface area contributed by atoms with E-state index in [0.29, 0.717) is 11.1 Å². The predicted molar refractivity (Wildman–Crippen MR) is 107 cm³/mol. The molecule has 4 rings (SSSR count). The van der Waals surface area contributed by atoms with Crippen LogP contribution >= 0.6 is 0 Å². The van der Waals surface area contributed by atoms with E-state index in [-0.39, 0.29) is 5.82 Å². The van der Waals surface area contributed by atoms with Gasteiger partial charge in [0.25, 0.3) is 0 Å². The highest BCUT2D eigenvalue weighted by Crippen LogP contribution is 2.31. The molecule has 1 heterocycles. The van der Waals surface area contributed by atoms with Crippen LogP contribution in [-0.4, -0.2) is 4.98 Å². The molecule has 0 amide bonds. The van der Waals surface area contributed by atoms with Gasteiger partial charge in [0.05, 0.1) is 5.69 Å². The smallest absolute Gasteiger partial charge is 0.133 e. The predicted octanol–water partition coefficient (Wildman–Crippen LogP) is 6.66. The number of hydrogen-bond donors (Lipinski definition) is 0. The molecule has 3 aromatic carbocycles. The molecule has 0 saturated carbocycles. The summed E-state index contributed by atoms with van der Waals surface area (Å²) in [5, 5.41) is 1.44. The standard InChI is InChI=1S/C24H20FN/c1-2-5-17-10-12-18(13-11-17)20-7-3-8-21(16-20)24-23-19(14-15-26-24)6-4-9-22(23)25/h3-4,6-16H,2,5H2,1H3. The van der Waals surface area contributed by atoms with Gasteiger partial charge in [0.2, 0.25) is 0 Å². The van der Waals surface area contributed by atoms with E-state index in [9.17, 15) is 4.39 Å². The van der Waals surface area contributed by atoms with E-state index in [4.69, 9.17) is 0 Å². The molecule has 0 spiro atoms. The number of benzene rings is 3. The Kier molecular flexibility index (Phi) is 4.49. The number of hydrogen-bond acceptors (Lipinski definition) is 1. The van der Waals surface area contributed by atoms with Gasteiger partial charge >= 0.3 is 0 Å². The van der Waals surface area contributed by atoms with Crippen molar-refractivity contribution in [3.63, 3.8) is 0 Å². The summed E-state index contributed by atoms with van der Waals surface area (Å²) in [5.41, 5.74) is 5.24. The van der Waals surface area contributed by atoms with Crippen LogP contribution in [0.3, 0.4) is 0 Å². The molecule has 128 valence electrons. The summed E-state index contributed by atoms with van der Waals surface area (Å²) in [4.78, 5) is 4.47. The Labute approximate surface area is 153 Å². The number of nitrogens with zero attached hydrogens (tertiary/aromatic N) is 1. The van der Waals surface area contributed by atoms with E-state index in [0.717, 1.165) is 34.9 Å². The first-order valence-electron chi connectivity index (χ1n) is 8.99. The molecule has 0 radical (unpaired) electrons. The highest BCUT2D eigenvalue weighted by molar-refractivity contribution is 5.95. The fourth-order valence-corrected chi connectivity index (χ4v) is 3.40. The highest BCUT2D eigenvalue weighted by atomic mass is 19.1. The van der Waals surface area contributed by atoms with Gasteiger partial charge in [-0.25, -0.2) is 4.39 Å². The van der Waals surface area contributed by atoms with Gasteiger partial charge in [-0.3, -0.25) is 4.98 Å². The van der Waals surface area contributed by atoms with E-state index in [1.165, 1.54) is 11.6 Å². The van der Waals surface area contributed by atoms with Gasteiger partial charge in [-0.05, 0) is 46.7 Å². The fourth-order valence-electron chi connectivity index (χ4n) is 3.40. The maximum atomic E-state index is 14.4. The molecule has 0 bridgehead atoms. The van der Waals surface area contributed by atoms with E-state index in [2.05, 4.69) is 48.3 Å². The minimum Gasteiger partial charge on any atom is -0.255 e. The molecular formula is C24H20FN. The van der Waals surface area contributed by atoms with Gasteiger partial charge < -0.3 is 0 Å². The lowest BCUT2D eigenvalue weighted by atomic mass is 9.97. The lowest BCUT2D eigenvalue weighted by molar-refractivity contribution is 0.640. The molecule has 4 aromatic rings. The molecule has 0 fully saturated rings. The lowest BCUT2D eigenvalue weighted by Gasteiger charge is -2.09. The molecule has 0 aliphatic carbocycles. The van der Waals surface area contributed by atoms with Gasteiger partial charge in [-0.1, -0.05) is 67.9 Å². The Bertz CT molecular complexity index is 1050. The first-order chi connectivity index (χ1) is 12.8. The maximum absolute atomic E-state index is 14.4. The zero-order chi connectivity index (χ0) is 17.9. The van der Waals surface area contributed by atoms with Crippen molar-refractivity contribution in [2.75, 3.05) is 0 Å². The Balaban J connectivity index is 1.79. The zero-order valence-corrected chi connectivity index (χ0v) is 14.7. The quantitative estimate of drug-likeness (QED) is 0.404. The number of fused-ring (bicyclic) bond motifs is 1. The van der Waals surface area contributed by atoms with Crippen LogP contribution in [0.2, 0.25) is 0 Å². The van der Waals surface area contributed by atoms with Crippen LogP contribution in [0.1, 0.15) is 18.9 Å². The second-order valence-corrected chi connectivity index (χ2v) is 6.53. The molecule has 0 aliphatic rings. The van der Waals surface area contributed by atoms with Crippen LogP contribution in [0, 0.1) is 5.82 Å². The Morgan fingerprint density at radius 1 is 0.808 bits per heavy atom. The topological polar surface area (TPSA) is 12.9 Å². The SMILES string of the molecule is CCCc1ccc(-c2cccc(-c3nccc4cccc(F)c34)c2)cc1. The summed E-state index contributed by atoms with van der Waals surface area (Å²) >= 11 is 0. The van der Waals surface area contributed by atoms with Crippen LogP contribution in [0.15, 0.2) is 79.0 Å². The van der Waals surface area contributed by atoms with Gasteiger partial charge in [0, 0.05) is 17.1 Å². The minimum absolute atomic E-state index is 0.236. The number of aromatic nitrogens is 1. The van der Waals surface area contributed by atoms with Gasteiger partial charge in [0.1, 0.15) is 5.82 Å². The van der Waals surface area contributed by atoms with Crippen molar-refractivity contribution in [1.82, 2.24) is 4.98 Å². The van der Waals surface area contributed by atoms with Crippen LogP contribution in [0.5, 0.6) is 0 Å². The Morgan fingerprint density at radius 2 is 1.58 bits per heavy atom. The van der Waals surface area contributed by atoms with Crippen LogP contribution in [0.4, 0.5) is 4.39 Å². The molecule has 0 aliphatic heterocycles. The van der Waals surface area contributed by atoms with Crippen molar-refractivity contribution in [3.8, 4) is 22.4 Å². The first kappa shape index (κ1) is 16.5. The van der Waals surface area contributed by atoms with E-state index < -0.39 is 0 Å². The largest absolute Gasteiger partial charge is 0.255 e. The number of aryl methyl sites for hydroxylation is 1. The van der Waals surface area contributed by atoms with Gasteiger partial charge in [0.15, 0.2) is 0 Å². The van der Waals surface area contributed by atoms with E-state index >= 15 is 0 Å². The van der Waals surface area contributed by atoms with E-state index in [1.807, 2.05) is 24.3 Å². The van der Waals surface area contributed by atoms with Crippen molar-refractivity contribution in [2.45, 2.75) is 19.8 Å². The summed E-state index contributed by atoms with van der Waals surface area (Å²) in [6, 6.07) is 23.8. The number of halogens is 1. The molecule has 2 heteroatoms. The van der Waals surface area contributed by atoms with Crippen LogP contribution in [-0.2, 0) is 6.42 Å². The number of pyridine rings is 1. The van der Waals surface area contributed by atoms with Crippen molar-refractivity contribution >= 4 is 10.8 Å². The van der Waals surface area contributed by atoms with E-state index in [1.54, 1.807) is 12.3 Å². The molecule has 0 unspecified atom stereocenters. The second-order valence-electron chi connectivity index (χ2n) is 6.53. The molecule has 1 nitrogen and oxygen atoms in total. The summed E-state index contributed by atoms with van der Waals surface area (Å²) < 4.78 is 14.4. The van der Waals surface area contributed by atoms with Crippen molar-refractivity contribution in [1.29, 1.82) is 0 Å². The normalized spacial score (nSPS) is 11.0. The van der Waals surface area contributed by atoms with Crippen molar-refractivity contribution < 1.29 is 4.39 Å². The molecule has 0 atom stereocenters. The third kappa shape index (κ3) is 3.11. The summed E-state index contributed by atoms with van der Waals surface area (Å²) in [6.45, 7) is 2.19. The Hall–Kier alpha value is -3.00. The zero-order valence-electron chi connectivity index (χ0n) is 14.7. The third-order valence-corrected chi connectivity index (χ3v) is 4.70. The molecule has 0 saturated heterocycles. The lowest BCUT2D eigenvalue weighted by Crippen LogP contribution is -1.90. The number of rotatable bonds is 4. The van der Waals surface area contributed by atoms with Gasteiger partial charge in [-0.15, -0.1) is 0 Å². The second kappa shape index (κ2) is 7.09. The fraction of sp³-hybridized carbons (Fsp3) is 0.125. The van der Waals surface area contributed by atoms with Crippen LogP contribution in [0.25, 0.3) is 33.2 Å². The average molecular weight is 341 g/mol. The monoisotopic (exact) mass is 341 g/mol. The summed E-state index contributed by atoms with van der Waals surface area (Å²) in [5.74, 6) is -0.236. The summed E-state index contributed by atoms with van der Waals surface area (Å²) in [6.07, 6.45) is 3.98. The molecule has 0 N–H and O–H groups in total. The minimum atomic E-state index is -0.236. The molecule has 1 aromatic heterocycles. The van der Waals surface area contributed by atoms with Crippen LogP contribution < -0.4 is 0 Å². The summed E-state index contributed by atoms with van der Waals surface area (Å²) in [7, 11) is 0. The van der Waals surface area contributed by atoms with Crippen molar-refractivity contribution in [2.24, 2.45) is 0 Å². The molecular weight excluding hydrogens is 321 g/mol. The van der Waals surface area contributed by atoms with Crippen molar-refractivity contribution in [3.05, 3.63) is 90.4 Å². The third-order valence-electron chi connectivity index (χ3n) is 4.70. The van der Waals surface area contributed by atoms with Gasteiger partial charge in [-0.2, -0.15) is 0 Å². The molecule has 26 heavy (non-hydrogen) atoms.